The average molecular weight is 705 g/mol. The van der Waals surface area contributed by atoms with Crippen LogP contribution in [0.4, 0.5) is 0 Å². The molecule has 9 nitrogen and oxygen atoms in total. The third-order valence-electron chi connectivity index (χ3n) is 9.16. The Bertz CT molecular complexity index is 603. The highest BCUT2D eigenvalue weighted by atomic mass is 16.5. The van der Waals surface area contributed by atoms with Gasteiger partial charge in [-0.1, -0.05) is 136 Å². The molecule has 3 unspecified atom stereocenters. The van der Waals surface area contributed by atoms with Crippen LogP contribution in [-0.2, 0) is 14.2 Å². The molecule has 0 bridgehead atoms. The van der Waals surface area contributed by atoms with Crippen molar-refractivity contribution in [1.29, 1.82) is 0 Å². The molecule has 0 amide bonds. The van der Waals surface area contributed by atoms with Crippen LogP contribution in [0.3, 0.4) is 0 Å². The molecule has 0 aliphatic carbocycles. The molecule has 49 heavy (non-hydrogen) atoms. The van der Waals surface area contributed by atoms with Crippen molar-refractivity contribution in [2.45, 2.75) is 174 Å². The highest BCUT2D eigenvalue weighted by Gasteiger charge is 2.19. The van der Waals surface area contributed by atoms with E-state index in [0.29, 0.717) is 59.1 Å². The lowest BCUT2D eigenvalue weighted by Gasteiger charge is -2.31. The summed E-state index contributed by atoms with van der Waals surface area (Å²) in [5, 5.41) is 42.0. The maximum absolute atomic E-state index is 10.8. The molecule has 0 saturated carbocycles. The molecule has 0 heterocycles. The molecule has 9 heteroatoms. The van der Waals surface area contributed by atoms with Gasteiger partial charge in [0.25, 0.3) is 0 Å². The summed E-state index contributed by atoms with van der Waals surface area (Å²) in [5.74, 6) is 0. The maximum atomic E-state index is 10.8. The number of ether oxygens (including phenoxy) is 3. The summed E-state index contributed by atoms with van der Waals surface area (Å²) < 4.78 is 17.4. The molecule has 0 fully saturated rings. The highest BCUT2D eigenvalue weighted by molar-refractivity contribution is 4.73. The van der Waals surface area contributed by atoms with Crippen molar-refractivity contribution in [3.8, 4) is 0 Å². The molecule has 0 aromatic rings. The van der Waals surface area contributed by atoms with E-state index in [4.69, 9.17) is 14.2 Å². The molecule has 4 N–H and O–H groups in total. The first-order chi connectivity index (χ1) is 24.0. The van der Waals surface area contributed by atoms with Crippen molar-refractivity contribution < 1.29 is 34.6 Å². The zero-order valence-corrected chi connectivity index (χ0v) is 32.7. The Morgan fingerprint density at radius 1 is 0.388 bits per heavy atom. The third kappa shape index (κ3) is 35.8. The van der Waals surface area contributed by atoms with Gasteiger partial charge < -0.3 is 34.6 Å². The fourth-order valence-corrected chi connectivity index (χ4v) is 6.17. The van der Waals surface area contributed by atoms with E-state index in [1.807, 2.05) is 4.90 Å². The number of hydrogen-bond donors (Lipinski definition) is 4. The minimum absolute atomic E-state index is 0.00422. The molecule has 0 radical (unpaired) electrons. The van der Waals surface area contributed by atoms with Crippen molar-refractivity contribution in [2.24, 2.45) is 0 Å². The molecule has 0 saturated heterocycles. The zero-order valence-electron chi connectivity index (χ0n) is 32.7. The smallest absolute Gasteiger partial charge is 0.0900 e. The van der Waals surface area contributed by atoms with Gasteiger partial charge in [0.05, 0.1) is 44.7 Å². The first-order valence-electron chi connectivity index (χ1n) is 20.8. The molecule has 0 aliphatic rings. The van der Waals surface area contributed by atoms with E-state index in [1.165, 1.54) is 96.3 Å². The minimum Gasteiger partial charge on any atom is -0.395 e. The van der Waals surface area contributed by atoms with Gasteiger partial charge in [0.1, 0.15) is 0 Å². The lowest BCUT2D eigenvalue weighted by molar-refractivity contribution is -0.0163. The van der Waals surface area contributed by atoms with E-state index in [2.05, 4.69) is 25.7 Å². The minimum atomic E-state index is -0.665. The van der Waals surface area contributed by atoms with Crippen molar-refractivity contribution >= 4 is 0 Å². The third-order valence-corrected chi connectivity index (χ3v) is 9.16. The second kappa shape index (κ2) is 38.9. The lowest BCUT2D eigenvalue weighted by atomic mass is 10.1. The fourth-order valence-electron chi connectivity index (χ4n) is 6.17. The van der Waals surface area contributed by atoms with Crippen molar-refractivity contribution in [1.82, 2.24) is 9.80 Å². The number of aliphatic hydroxyl groups excluding tert-OH is 4. The predicted molar refractivity (Wildman–Crippen MR) is 204 cm³/mol. The van der Waals surface area contributed by atoms with Crippen LogP contribution in [0.2, 0.25) is 0 Å². The molecular weight excluding hydrogens is 620 g/mol. The molecule has 3 atom stereocenters. The van der Waals surface area contributed by atoms with Crippen LogP contribution >= 0.6 is 0 Å². The second-order valence-electron chi connectivity index (χ2n) is 14.3. The molecule has 0 aliphatic heterocycles. The molecular formula is C40H84N2O7. The topological polar surface area (TPSA) is 115 Å². The summed E-state index contributed by atoms with van der Waals surface area (Å²) in [6.07, 6.45) is 23.8. The summed E-state index contributed by atoms with van der Waals surface area (Å²) in [5.41, 5.74) is 0. The number of unbranched alkanes of at least 4 members (excludes halogenated alkanes) is 18. The summed E-state index contributed by atoms with van der Waals surface area (Å²) in [6, 6.07) is 0. The van der Waals surface area contributed by atoms with Crippen LogP contribution in [-0.4, -0.2) is 134 Å². The predicted octanol–water partition coefficient (Wildman–Crippen LogP) is 6.97. The van der Waals surface area contributed by atoms with Crippen LogP contribution in [0.25, 0.3) is 0 Å². The average Bonchev–Trinajstić information content (AvgIpc) is 3.08. The van der Waals surface area contributed by atoms with Crippen molar-refractivity contribution in [2.75, 3.05) is 85.5 Å². The quantitative estimate of drug-likeness (QED) is 0.0501. The number of nitrogens with zero attached hydrogens (tertiary/aromatic N) is 2. The molecule has 0 aromatic heterocycles. The van der Waals surface area contributed by atoms with Gasteiger partial charge in [0.2, 0.25) is 0 Å². The van der Waals surface area contributed by atoms with E-state index in [-0.39, 0.29) is 26.4 Å². The Balaban J connectivity index is 4.67. The Hall–Kier alpha value is -0.360. The Morgan fingerprint density at radius 3 is 1.00 bits per heavy atom. The van der Waals surface area contributed by atoms with Crippen LogP contribution in [0, 0.1) is 0 Å². The summed E-state index contributed by atoms with van der Waals surface area (Å²) in [4.78, 5) is 4.08. The zero-order chi connectivity index (χ0) is 36.0. The Morgan fingerprint density at radius 2 is 0.673 bits per heavy atom. The molecule has 0 aromatic carbocycles. The first kappa shape index (κ1) is 48.6. The highest BCUT2D eigenvalue weighted by Crippen LogP contribution is 2.10. The largest absolute Gasteiger partial charge is 0.395 e. The fraction of sp³-hybridized carbons (Fsp3) is 1.00. The van der Waals surface area contributed by atoms with Gasteiger partial charge in [0, 0.05) is 59.1 Å². The van der Waals surface area contributed by atoms with Crippen LogP contribution in [0.15, 0.2) is 0 Å². The standard InChI is InChI=1S/C40H84N2O7/c1-4-7-10-13-16-19-22-29-47-35-38(44)32-41(27-28-43)25-26-42(33-39(45)36-48-30-23-20-17-14-11-8-5-2)34-40(46)37-49-31-24-21-18-15-12-9-6-3/h38-40,43-46H,4-37H2,1-3H3. The van der Waals surface area contributed by atoms with Crippen LogP contribution in [0.5, 0.6) is 0 Å². The van der Waals surface area contributed by atoms with Gasteiger partial charge in [0.15, 0.2) is 0 Å². The summed E-state index contributed by atoms with van der Waals surface area (Å²) >= 11 is 0. The van der Waals surface area contributed by atoms with Gasteiger partial charge in [-0.25, -0.2) is 0 Å². The Labute approximate surface area is 303 Å². The van der Waals surface area contributed by atoms with E-state index < -0.39 is 18.3 Å². The van der Waals surface area contributed by atoms with E-state index in [9.17, 15) is 20.4 Å². The number of rotatable bonds is 41. The van der Waals surface area contributed by atoms with Gasteiger partial charge >= 0.3 is 0 Å². The molecule has 296 valence electrons. The monoisotopic (exact) mass is 705 g/mol. The number of aliphatic hydroxyl groups is 4. The summed E-state index contributed by atoms with van der Waals surface area (Å²) in [7, 11) is 0. The van der Waals surface area contributed by atoms with E-state index in [0.717, 1.165) is 38.5 Å². The van der Waals surface area contributed by atoms with Crippen LogP contribution in [0.1, 0.15) is 156 Å². The lowest BCUT2D eigenvalue weighted by Crippen LogP contribution is -2.46. The second-order valence-corrected chi connectivity index (χ2v) is 14.3. The van der Waals surface area contributed by atoms with Gasteiger partial charge in [-0.05, 0) is 19.3 Å². The normalized spacial score (nSPS) is 13.9. The van der Waals surface area contributed by atoms with Gasteiger partial charge in [-0.2, -0.15) is 0 Å². The SMILES string of the molecule is CCCCCCCCCOCC(O)CN(CCO)CCN(CC(O)COCCCCCCCCC)CC(O)COCCCCCCCCC. The number of hydrogen-bond acceptors (Lipinski definition) is 9. The molecule has 0 spiro atoms. The van der Waals surface area contributed by atoms with Crippen molar-refractivity contribution in [3.05, 3.63) is 0 Å². The van der Waals surface area contributed by atoms with E-state index >= 15 is 0 Å². The maximum Gasteiger partial charge on any atom is 0.0900 e. The van der Waals surface area contributed by atoms with Crippen LogP contribution < -0.4 is 0 Å². The van der Waals surface area contributed by atoms with E-state index in [1.54, 1.807) is 0 Å². The Kier molecular flexibility index (Phi) is 38.6. The van der Waals surface area contributed by atoms with Gasteiger partial charge in [-0.3, -0.25) is 9.80 Å². The molecule has 0 rings (SSSR count). The summed E-state index contributed by atoms with van der Waals surface area (Å²) in [6.45, 7) is 12.3. The van der Waals surface area contributed by atoms with Gasteiger partial charge in [-0.15, -0.1) is 0 Å². The first-order valence-corrected chi connectivity index (χ1v) is 20.8. The van der Waals surface area contributed by atoms with Crippen molar-refractivity contribution in [3.63, 3.8) is 0 Å².